The van der Waals surface area contributed by atoms with Crippen LogP contribution in [0.25, 0.3) is 0 Å². The Balaban J connectivity index is 2.94. The molecule has 0 saturated heterocycles. The van der Waals surface area contributed by atoms with Crippen molar-refractivity contribution in [3.05, 3.63) is 29.6 Å². The van der Waals surface area contributed by atoms with Crippen LogP contribution in [0.1, 0.15) is 30.1 Å². The molecule has 0 amide bonds. The lowest BCUT2D eigenvalue weighted by Gasteiger charge is -2.13. The zero-order chi connectivity index (χ0) is 10.6. The summed E-state index contributed by atoms with van der Waals surface area (Å²) in [5.74, 6) is 0. The van der Waals surface area contributed by atoms with E-state index in [2.05, 4.69) is 4.98 Å². The lowest BCUT2D eigenvalue weighted by atomic mass is 10.0. The van der Waals surface area contributed by atoms with Gasteiger partial charge in [-0.3, -0.25) is 4.98 Å². The molecule has 0 radical (unpaired) electrons. The molecule has 1 heterocycles. The molecule has 0 saturated carbocycles. The van der Waals surface area contributed by atoms with Gasteiger partial charge in [-0.1, -0.05) is 6.07 Å². The van der Waals surface area contributed by atoms with E-state index in [9.17, 15) is 8.78 Å². The normalized spacial score (nSPS) is 13.2. The molecule has 1 atom stereocenters. The molecule has 1 aromatic heterocycles. The van der Waals surface area contributed by atoms with E-state index < -0.39 is 12.5 Å². The maximum Gasteiger partial charge on any atom is 0.280 e. The summed E-state index contributed by atoms with van der Waals surface area (Å²) in [6.45, 7) is -0.126. The van der Waals surface area contributed by atoms with E-state index in [0.717, 1.165) is 0 Å². The number of aliphatic hydroxyl groups excluding tert-OH is 1. The minimum Gasteiger partial charge on any atom is -0.396 e. The van der Waals surface area contributed by atoms with E-state index in [1.54, 1.807) is 6.07 Å². The van der Waals surface area contributed by atoms with Crippen LogP contribution in [0, 0.1) is 0 Å². The molecule has 0 aliphatic carbocycles. The number of nitrogens with zero attached hydrogens (tertiary/aromatic N) is 1. The van der Waals surface area contributed by atoms with Gasteiger partial charge in [-0.25, -0.2) is 8.78 Å². The Morgan fingerprint density at radius 3 is 2.79 bits per heavy atom. The predicted octanol–water partition coefficient (Wildman–Crippen LogP) is 1.40. The van der Waals surface area contributed by atoms with Gasteiger partial charge >= 0.3 is 0 Å². The summed E-state index contributed by atoms with van der Waals surface area (Å²) in [5.41, 5.74) is 5.62. The molecule has 0 aromatic carbocycles. The van der Waals surface area contributed by atoms with Crippen molar-refractivity contribution in [1.82, 2.24) is 4.98 Å². The first-order valence-corrected chi connectivity index (χ1v) is 4.26. The summed E-state index contributed by atoms with van der Waals surface area (Å²) in [6.07, 6.45) is -1.07. The molecule has 3 N–H and O–H groups in total. The highest BCUT2D eigenvalue weighted by Crippen LogP contribution is 2.25. The average Bonchev–Trinajstić information content (AvgIpc) is 2.18. The lowest BCUT2D eigenvalue weighted by molar-refractivity contribution is 0.143. The van der Waals surface area contributed by atoms with Crippen molar-refractivity contribution in [2.24, 2.45) is 5.73 Å². The van der Waals surface area contributed by atoms with Crippen molar-refractivity contribution in [3.63, 3.8) is 0 Å². The second-order valence-corrected chi connectivity index (χ2v) is 2.90. The number of nitrogens with two attached hydrogens (primary N) is 1. The summed E-state index contributed by atoms with van der Waals surface area (Å²) in [7, 11) is 0. The van der Waals surface area contributed by atoms with Crippen LogP contribution in [0.4, 0.5) is 8.78 Å². The maximum atomic E-state index is 12.4. The highest BCUT2D eigenvalue weighted by atomic mass is 19.3. The predicted molar refractivity (Wildman–Crippen MR) is 47.8 cm³/mol. The number of pyridine rings is 1. The topological polar surface area (TPSA) is 59.1 Å². The highest BCUT2D eigenvalue weighted by molar-refractivity contribution is 5.24. The van der Waals surface area contributed by atoms with Gasteiger partial charge in [-0.2, -0.15) is 0 Å². The molecule has 1 unspecified atom stereocenters. The van der Waals surface area contributed by atoms with E-state index >= 15 is 0 Å². The van der Waals surface area contributed by atoms with Crippen LogP contribution in [0.15, 0.2) is 18.3 Å². The number of rotatable bonds is 4. The van der Waals surface area contributed by atoms with Crippen molar-refractivity contribution in [2.45, 2.75) is 18.9 Å². The number of hydrogen-bond donors (Lipinski definition) is 2. The molecule has 1 rings (SSSR count). The third-order valence-electron chi connectivity index (χ3n) is 1.92. The molecule has 3 nitrogen and oxygen atoms in total. The number of aliphatic hydroxyl groups is 1. The Bertz CT molecular complexity index is 294. The van der Waals surface area contributed by atoms with Gasteiger partial charge in [0.05, 0.1) is 0 Å². The Labute approximate surface area is 80.6 Å². The molecule has 0 spiro atoms. The third-order valence-corrected chi connectivity index (χ3v) is 1.92. The standard InChI is InChI=1S/C9H12F2N2O/c10-9(11)8-6(2-1-4-13-8)7(12)3-5-14/h1-2,4,7,9,14H,3,5,12H2. The molecular weight excluding hydrogens is 190 g/mol. The molecule has 78 valence electrons. The second kappa shape index (κ2) is 4.97. The monoisotopic (exact) mass is 202 g/mol. The Kier molecular flexibility index (Phi) is 3.91. The molecule has 1 aromatic rings. The molecule has 0 aliphatic rings. The fourth-order valence-corrected chi connectivity index (χ4v) is 1.22. The number of hydrogen-bond acceptors (Lipinski definition) is 3. The average molecular weight is 202 g/mol. The minimum atomic E-state index is -2.63. The van der Waals surface area contributed by atoms with Crippen molar-refractivity contribution < 1.29 is 13.9 Å². The van der Waals surface area contributed by atoms with E-state index in [4.69, 9.17) is 10.8 Å². The van der Waals surface area contributed by atoms with Crippen molar-refractivity contribution >= 4 is 0 Å². The van der Waals surface area contributed by atoms with Crippen LogP contribution < -0.4 is 5.73 Å². The Morgan fingerprint density at radius 2 is 2.21 bits per heavy atom. The number of alkyl halides is 2. The first kappa shape index (κ1) is 11.0. The zero-order valence-electron chi connectivity index (χ0n) is 7.53. The van der Waals surface area contributed by atoms with E-state index in [1.807, 2.05) is 0 Å². The van der Waals surface area contributed by atoms with Gasteiger partial charge in [0.1, 0.15) is 5.69 Å². The van der Waals surface area contributed by atoms with Crippen LogP contribution in [-0.4, -0.2) is 16.7 Å². The summed E-state index contributed by atoms with van der Waals surface area (Å²) in [6, 6.07) is 2.48. The van der Waals surface area contributed by atoms with Gasteiger partial charge in [-0.05, 0) is 18.1 Å². The van der Waals surface area contributed by atoms with Crippen molar-refractivity contribution in [3.8, 4) is 0 Å². The maximum absolute atomic E-state index is 12.4. The van der Waals surface area contributed by atoms with Crippen molar-refractivity contribution in [2.75, 3.05) is 6.61 Å². The van der Waals surface area contributed by atoms with Gasteiger partial charge in [0.2, 0.25) is 0 Å². The summed E-state index contributed by atoms with van der Waals surface area (Å²) in [4.78, 5) is 3.57. The molecule has 0 bridgehead atoms. The molecule has 0 fully saturated rings. The van der Waals surface area contributed by atoms with Crippen molar-refractivity contribution in [1.29, 1.82) is 0 Å². The van der Waals surface area contributed by atoms with Crippen LogP contribution >= 0.6 is 0 Å². The van der Waals surface area contributed by atoms with Crippen LogP contribution in [0.3, 0.4) is 0 Å². The third kappa shape index (κ3) is 2.46. The zero-order valence-corrected chi connectivity index (χ0v) is 7.53. The molecular formula is C9H12F2N2O. The second-order valence-electron chi connectivity index (χ2n) is 2.90. The Hall–Kier alpha value is -1.07. The molecule has 5 heteroatoms. The van der Waals surface area contributed by atoms with E-state index in [0.29, 0.717) is 5.56 Å². The first-order valence-electron chi connectivity index (χ1n) is 4.26. The summed E-state index contributed by atoms with van der Waals surface area (Å²) >= 11 is 0. The lowest BCUT2D eigenvalue weighted by Crippen LogP contribution is -2.15. The number of aromatic nitrogens is 1. The van der Waals surface area contributed by atoms with E-state index in [-0.39, 0.29) is 18.7 Å². The SMILES string of the molecule is NC(CCO)c1cccnc1C(F)F. The largest absolute Gasteiger partial charge is 0.396 e. The quantitative estimate of drug-likeness (QED) is 0.775. The molecule has 0 aliphatic heterocycles. The van der Waals surface area contributed by atoms with Crippen LogP contribution in [0.2, 0.25) is 0 Å². The fraction of sp³-hybridized carbons (Fsp3) is 0.444. The summed E-state index contributed by atoms with van der Waals surface area (Å²) < 4.78 is 24.9. The van der Waals surface area contributed by atoms with E-state index in [1.165, 1.54) is 12.3 Å². The molecule has 14 heavy (non-hydrogen) atoms. The number of halogens is 2. The van der Waals surface area contributed by atoms with Gasteiger partial charge < -0.3 is 10.8 Å². The van der Waals surface area contributed by atoms with Crippen LogP contribution in [0.5, 0.6) is 0 Å². The smallest absolute Gasteiger partial charge is 0.280 e. The fourth-order valence-electron chi connectivity index (χ4n) is 1.22. The van der Waals surface area contributed by atoms with Crippen LogP contribution in [-0.2, 0) is 0 Å². The summed E-state index contributed by atoms with van der Waals surface area (Å²) in [5, 5.41) is 8.64. The van der Waals surface area contributed by atoms with Gasteiger partial charge in [0, 0.05) is 18.8 Å². The van der Waals surface area contributed by atoms with Gasteiger partial charge in [0.25, 0.3) is 6.43 Å². The first-order chi connectivity index (χ1) is 6.66. The Morgan fingerprint density at radius 1 is 1.50 bits per heavy atom. The van der Waals surface area contributed by atoms with Gasteiger partial charge in [-0.15, -0.1) is 0 Å². The minimum absolute atomic E-state index is 0.126. The van der Waals surface area contributed by atoms with Gasteiger partial charge in [0.15, 0.2) is 0 Å². The highest BCUT2D eigenvalue weighted by Gasteiger charge is 2.18.